The normalized spacial score (nSPS) is 17.2. The molecular weight excluding hydrogens is 352 g/mol. The van der Waals surface area contributed by atoms with Crippen molar-refractivity contribution in [3.8, 4) is 0 Å². The van der Waals surface area contributed by atoms with Gasteiger partial charge in [0, 0.05) is 13.1 Å². The summed E-state index contributed by atoms with van der Waals surface area (Å²) < 4.78 is 0. The van der Waals surface area contributed by atoms with E-state index in [0.717, 1.165) is 37.9 Å². The maximum Gasteiger partial charge on any atom is 0.322 e. The van der Waals surface area contributed by atoms with Gasteiger partial charge < -0.3 is 15.1 Å². The van der Waals surface area contributed by atoms with Gasteiger partial charge >= 0.3 is 6.03 Å². The van der Waals surface area contributed by atoms with Crippen LogP contribution in [-0.2, 0) is 6.54 Å². The van der Waals surface area contributed by atoms with Crippen LogP contribution in [0.2, 0.25) is 0 Å². The summed E-state index contributed by atoms with van der Waals surface area (Å²) >= 11 is 0. The first-order valence-electron chi connectivity index (χ1n) is 9.72. The predicted molar refractivity (Wildman–Crippen MR) is 110 cm³/mol. The Balaban J connectivity index is 1.53. The van der Waals surface area contributed by atoms with Gasteiger partial charge in [-0.25, -0.2) is 4.79 Å². The van der Waals surface area contributed by atoms with E-state index in [1.54, 1.807) is 0 Å². The number of piperidine rings is 1. The average Bonchev–Trinajstić information content (AvgIpc) is 3.18. The monoisotopic (exact) mass is 378 g/mol. The van der Waals surface area contributed by atoms with Crippen molar-refractivity contribution in [3.05, 3.63) is 53.6 Å². The minimum atomic E-state index is -0.0856. The molecule has 146 valence electrons. The lowest BCUT2D eigenvalue weighted by Gasteiger charge is -2.36. The first kappa shape index (κ1) is 18.4. The number of hydrogen-bond donors (Lipinski definition) is 2. The Hall–Kier alpha value is -2.93. The topological polar surface area (TPSA) is 77.1 Å². The van der Waals surface area contributed by atoms with Crippen LogP contribution in [0.1, 0.15) is 36.4 Å². The largest absolute Gasteiger partial charge is 0.322 e. The summed E-state index contributed by atoms with van der Waals surface area (Å²) in [7, 11) is 4.13. The maximum absolute atomic E-state index is 13.1. The van der Waals surface area contributed by atoms with Gasteiger partial charge in [-0.15, -0.1) is 0 Å². The minimum absolute atomic E-state index is 0.0856. The molecule has 0 aliphatic carbocycles. The van der Waals surface area contributed by atoms with Crippen LogP contribution < -0.4 is 5.32 Å². The standard InChI is InChI=1S/C21H26N6O/c1-26(2)14-15-9-11-16(12-10-15)19-8-3-4-13-27(19)21(28)22-17-6-5-7-18-20(17)24-25-23-18/h5-7,9-12,19H,3-4,8,13-14H2,1-2H3,(H,22,28)(H,23,24,25)/t19-/m1/s1. The van der Waals surface area contributed by atoms with Gasteiger partial charge in [-0.1, -0.05) is 30.3 Å². The number of aromatic amines is 1. The SMILES string of the molecule is CN(C)Cc1ccc([C@H]2CCCCN2C(=O)Nc2cccc3n[nH]nc23)cc1. The number of fused-ring (bicyclic) bond motifs is 1. The highest BCUT2D eigenvalue weighted by molar-refractivity contribution is 5.98. The fourth-order valence-corrected chi connectivity index (χ4v) is 3.89. The molecule has 1 aliphatic rings. The predicted octanol–water partition coefficient (Wildman–Crippen LogP) is 3.78. The number of nitrogens with one attached hydrogen (secondary N) is 2. The zero-order valence-corrected chi connectivity index (χ0v) is 16.4. The zero-order chi connectivity index (χ0) is 19.5. The van der Waals surface area contributed by atoms with Crippen LogP contribution in [0.25, 0.3) is 11.0 Å². The lowest BCUT2D eigenvalue weighted by atomic mass is 9.95. The summed E-state index contributed by atoms with van der Waals surface area (Å²) in [5.74, 6) is 0. The smallest absolute Gasteiger partial charge is 0.317 e. The van der Waals surface area contributed by atoms with E-state index in [1.165, 1.54) is 11.1 Å². The third-order valence-corrected chi connectivity index (χ3v) is 5.22. The molecule has 3 aromatic rings. The Bertz CT molecular complexity index is 949. The first-order valence-corrected chi connectivity index (χ1v) is 9.72. The lowest BCUT2D eigenvalue weighted by Crippen LogP contribution is -2.41. The van der Waals surface area contributed by atoms with Gasteiger partial charge in [0.1, 0.15) is 11.0 Å². The molecule has 1 fully saturated rings. The summed E-state index contributed by atoms with van der Waals surface area (Å²) in [6.07, 6.45) is 3.14. The number of aromatic nitrogens is 3. The first-order chi connectivity index (χ1) is 13.6. The van der Waals surface area contributed by atoms with E-state index in [0.29, 0.717) is 11.2 Å². The number of urea groups is 1. The highest BCUT2D eigenvalue weighted by atomic mass is 16.2. The number of likely N-dealkylation sites (tertiary alicyclic amines) is 1. The number of carbonyl (C=O) groups excluding carboxylic acids is 1. The third-order valence-electron chi connectivity index (χ3n) is 5.22. The van der Waals surface area contributed by atoms with E-state index >= 15 is 0 Å². The van der Waals surface area contributed by atoms with Gasteiger partial charge in [-0.05, 0) is 56.6 Å². The second kappa shape index (κ2) is 7.98. The van der Waals surface area contributed by atoms with Gasteiger partial charge in [-0.2, -0.15) is 15.4 Å². The molecule has 1 saturated heterocycles. The van der Waals surface area contributed by atoms with E-state index < -0.39 is 0 Å². The van der Waals surface area contributed by atoms with Crippen LogP contribution in [0.15, 0.2) is 42.5 Å². The van der Waals surface area contributed by atoms with Crippen LogP contribution in [0, 0.1) is 0 Å². The molecule has 7 heteroatoms. The van der Waals surface area contributed by atoms with E-state index in [1.807, 2.05) is 23.1 Å². The molecule has 2 aromatic carbocycles. The molecule has 1 atom stereocenters. The second-order valence-corrected chi connectivity index (χ2v) is 7.61. The van der Waals surface area contributed by atoms with Crippen molar-refractivity contribution in [3.63, 3.8) is 0 Å². The molecule has 0 radical (unpaired) electrons. The number of anilines is 1. The van der Waals surface area contributed by atoms with Crippen molar-refractivity contribution >= 4 is 22.8 Å². The zero-order valence-electron chi connectivity index (χ0n) is 16.4. The van der Waals surface area contributed by atoms with E-state index in [-0.39, 0.29) is 12.1 Å². The summed E-state index contributed by atoms with van der Waals surface area (Å²) in [4.78, 5) is 17.2. The van der Waals surface area contributed by atoms with Gasteiger partial charge in [0.25, 0.3) is 0 Å². The van der Waals surface area contributed by atoms with Crippen molar-refractivity contribution in [1.82, 2.24) is 25.2 Å². The van der Waals surface area contributed by atoms with Crippen LogP contribution in [0.4, 0.5) is 10.5 Å². The Kier molecular flexibility index (Phi) is 5.25. The highest BCUT2D eigenvalue weighted by Crippen LogP contribution is 2.32. The fraction of sp³-hybridized carbons (Fsp3) is 0.381. The Morgan fingerprint density at radius 3 is 2.79 bits per heavy atom. The van der Waals surface area contributed by atoms with Crippen molar-refractivity contribution in [2.24, 2.45) is 0 Å². The summed E-state index contributed by atoms with van der Waals surface area (Å²) in [6, 6.07) is 14.3. The van der Waals surface area contributed by atoms with Gasteiger partial charge in [0.05, 0.1) is 11.7 Å². The Labute approximate surface area is 164 Å². The molecule has 4 rings (SSSR count). The molecule has 0 saturated carbocycles. The van der Waals surface area contributed by atoms with E-state index in [2.05, 4.69) is 64.0 Å². The van der Waals surface area contributed by atoms with Gasteiger partial charge in [0.15, 0.2) is 0 Å². The fourth-order valence-electron chi connectivity index (χ4n) is 3.89. The number of nitrogens with zero attached hydrogens (tertiary/aromatic N) is 4. The number of rotatable bonds is 4. The van der Waals surface area contributed by atoms with Gasteiger partial charge in [-0.3, -0.25) is 0 Å². The molecular formula is C21H26N6O. The molecule has 28 heavy (non-hydrogen) atoms. The molecule has 2 heterocycles. The van der Waals surface area contributed by atoms with Crippen LogP contribution in [0.3, 0.4) is 0 Å². The number of benzene rings is 2. The van der Waals surface area contributed by atoms with Gasteiger partial charge in [0.2, 0.25) is 0 Å². The molecule has 2 N–H and O–H groups in total. The molecule has 1 aromatic heterocycles. The van der Waals surface area contributed by atoms with Crippen LogP contribution >= 0.6 is 0 Å². The molecule has 0 spiro atoms. The number of para-hydroxylation sites is 1. The van der Waals surface area contributed by atoms with Crippen LogP contribution in [0.5, 0.6) is 0 Å². The van der Waals surface area contributed by atoms with E-state index in [9.17, 15) is 4.79 Å². The molecule has 2 amide bonds. The average molecular weight is 378 g/mol. The number of H-pyrrole nitrogens is 1. The summed E-state index contributed by atoms with van der Waals surface area (Å²) in [5, 5.41) is 13.9. The maximum atomic E-state index is 13.1. The van der Waals surface area contributed by atoms with Crippen molar-refractivity contribution in [2.75, 3.05) is 26.0 Å². The molecule has 1 aliphatic heterocycles. The van der Waals surface area contributed by atoms with Crippen molar-refractivity contribution < 1.29 is 4.79 Å². The Morgan fingerprint density at radius 2 is 2.00 bits per heavy atom. The van der Waals surface area contributed by atoms with Crippen molar-refractivity contribution in [2.45, 2.75) is 31.8 Å². The highest BCUT2D eigenvalue weighted by Gasteiger charge is 2.28. The van der Waals surface area contributed by atoms with Crippen LogP contribution in [-0.4, -0.2) is 51.9 Å². The van der Waals surface area contributed by atoms with Crippen molar-refractivity contribution in [1.29, 1.82) is 0 Å². The third kappa shape index (κ3) is 3.84. The minimum Gasteiger partial charge on any atom is -0.317 e. The quantitative estimate of drug-likeness (QED) is 0.724. The second-order valence-electron chi connectivity index (χ2n) is 7.61. The van der Waals surface area contributed by atoms with E-state index in [4.69, 9.17) is 0 Å². The summed E-state index contributed by atoms with van der Waals surface area (Å²) in [5.41, 5.74) is 4.57. The number of amides is 2. The number of hydrogen-bond acceptors (Lipinski definition) is 4. The molecule has 0 unspecified atom stereocenters. The molecule has 0 bridgehead atoms. The lowest BCUT2D eigenvalue weighted by molar-refractivity contribution is 0.163. The summed E-state index contributed by atoms with van der Waals surface area (Å²) in [6.45, 7) is 1.67. The number of carbonyl (C=O) groups is 1. The molecule has 7 nitrogen and oxygen atoms in total. The Morgan fingerprint density at radius 1 is 1.18 bits per heavy atom.